The van der Waals surface area contributed by atoms with Gasteiger partial charge in [0.1, 0.15) is 11.4 Å². The summed E-state index contributed by atoms with van der Waals surface area (Å²) in [5.41, 5.74) is 8.38. The van der Waals surface area contributed by atoms with Gasteiger partial charge in [0.2, 0.25) is 5.95 Å². The van der Waals surface area contributed by atoms with E-state index in [1.807, 2.05) is 31.3 Å². The fourth-order valence-corrected chi connectivity index (χ4v) is 2.70. The maximum atomic E-state index is 11.5. The van der Waals surface area contributed by atoms with Gasteiger partial charge in [-0.05, 0) is 31.2 Å². The molecule has 4 N–H and O–H groups in total. The molecular weight excluding hydrogens is 362 g/mol. The Balaban J connectivity index is 1.73. The van der Waals surface area contributed by atoms with Gasteiger partial charge in [-0.3, -0.25) is 5.32 Å². The van der Waals surface area contributed by atoms with E-state index in [2.05, 4.69) is 30.5 Å². The Morgan fingerprint density at radius 2 is 2.07 bits per heavy atom. The van der Waals surface area contributed by atoms with Crippen LogP contribution in [0.25, 0.3) is 0 Å². The van der Waals surface area contributed by atoms with Gasteiger partial charge >= 0.3 is 6.09 Å². The maximum absolute atomic E-state index is 11.5. The quantitative estimate of drug-likeness (QED) is 0.691. The number of aromatic nitrogens is 2. The van der Waals surface area contributed by atoms with Crippen molar-refractivity contribution in [2.45, 2.75) is 6.92 Å². The lowest BCUT2D eigenvalue weighted by atomic mass is 10.2. The van der Waals surface area contributed by atoms with Crippen molar-refractivity contribution in [3.63, 3.8) is 0 Å². The highest BCUT2D eigenvalue weighted by atomic mass is 16.5. The Morgan fingerprint density at radius 3 is 2.75 bits per heavy atom. The highest BCUT2D eigenvalue weighted by Crippen LogP contribution is 2.32. The summed E-state index contributed by atoms with van der Waals surface area (Å²) in [6.45, 7) is 3.06. The molecule has 0 saturated carbocycles. The van der Waals surface area contributed by atoms with Crippen molar-refractivity contribution < 1.29 is 14.3 Å². The summed E-state index contributed by atoms with van der Waals surface area (Å²) < 4.78 is 10.00. The number of benzene rings is 1. The summed E-state index contributed by atoms with van der Waals surface area (Å²) in [5.74, 6) is 1.51. The van der Waals surface area contributed by atoms with Gasteiger partial charge in [-0.25, -0.2) is 9.79 Å². The second-order valence-electron chi connectivity index (χ2n) is 6.06. The van der Waals surface area contributed by atoms with Crippen LogP contribution < -0.4 is 26.0 Å². The van der Waals surface area contributed by atoms with Gasteiger partial charge in [0.05, 0.1) is 32.5 Å². The Morgan fingerprint density at radius 1 is 1.32 bits per heavy atom. The molecule has 1 aliphatic heterocycles. The van der Waals surface area contributed by atoms with Crippen LogP contribution in [0, 0.1) is 0 Å². The molecule has 10 heteroatoms. The van der Waals surface area contributed by atoms with Crippen LogP contribution in [0.15, 0.2) is 29.3 Å². The minimum atomic E-state index is -0.636. The number of nitrogen functional groups attached to an aromatic ring is 1. The average molecular weight is 385 g/mol. The van der Waals surface area contributed by atoms with E-state index in [-0.39, 0.29) is 18.4 Å². The number of methoxy groups -OCH3 is 1. The number of aliphatic imine (C=N–C) groups is 1. The summed E-state index contributed by atoms with van der Waals surface area (Å²) >= 11 is 0. The first-order valence-corrected chi connectivity index (χ1v) is 8.77. The summed E-state index contributed by atoms with van der Waals surface area (Å²) in [6.07, 6.45) is -0.636. The monoisotopic (exact) mass is 385 g/mol. The van der Waals surface area contributed by atoms with E-state index in [0.717, 1.165) is 17.1 Å². The van der Waals surface area contributed by atoms with Gasteiger partial charge in [-0.15, -0.1) is 0 Å². The van der Waals surface area contributed by atoms with Gasteiger partial charge in [0, 0.05) is 12.7 Å². The van der Waals surface area contributed by atoms with Crippen LogP contribution in [0.4, 0.5) is 33.8 Å². The minimum absolute atomic E-state index is 0.0659. The van der Waals surface area contributed by atoms with Crippen LogP contribution in [-0.4, -0.2) is 55.6 Å². The molecule has 2 aromatic rings. The number of nitrogens with two attached hydrogens (primary N) is 1. The van der Waals surface area contributed by atoms with Crippen LogP contribution in [-0.2, 0) is 4.74 Å². The molecule has 0 fully saturated rings. The smallest absolute Gasteiger partial charge is 0.414 e. The lowest BCUT2D eigenvalue weighted by molar-refractivity contribution is 0.167. The number of ether oxygens (including phenoxy) is 2. The van der Waals surface area contributed by atoms with E-state index in [1.165, 1.54) is 0 Å². The molecule has 0 unspecified atom stereocenters. The molecule has 0 saturated heterocycles. The Bertz CT molecular complexity index is 883. The number of nitrogens with one attached hydrogen (secondary N) is 2. The lowest BCUT2D eigenvalue weighted by Crippen LogP contribution is -2.32. The maximum Gasteiger partial charge on any atom is 0.414 e. The second-order valence-corrected chi connectivity index (χ2v) is 6.06. The number of hydrogen-bond donors (Lipinski definition) is 3. The van der Waals surface area contributed by atoms with Crippen LogP contribution in [0.1, 0.15) is 6.92 Å². The molecule has 1 aromatic carbocycles. The van der Waals surface area contributed by atoms with E-state index >= 15 is 0 Å². The summed E-state index contributed by atoms with van der Waals surface area (Å²) in [5, 5.41) is 5.61. The molecule has 0 aliphatic carbocycles. The lowest BCUT2D eigenvalue weighted by Gasteiger charge is -2.24. The Labute approximate surface area is 162 Å². The van der Waals surface area contributed by atoms with Crippen molar-refractivity contribution in [1.29, 1.82) is 0 Å². The highest BCUT2D eigenvalue weighted by molar-refractivity contribution is 5.99. The minimum Gasteiger partial charge on any atom is -0.497 e. The molecule has 1 amide bonds. The molecule has 0 bridgehead atoms. The number of carbonyl (C=O) groups excluding carboxylic acids is 1. The zero-order valence-corrected chi connectivity index (χ0v) is 16.0. The molecule has 1 aromatic heterocycles. The first-order valence-electron chi connectivity index (χ1n) is 8.77. The SMILES string of the molecule is CCOC(=O)Nc1nc(N)c2c(n1)NCC(CN(C)c1ccc(OC)cc1)=N2. The number of anilines is 4. The molecule has 0 spiro atoms. The van der Waals surface area contributed by atoms with Crippen molar-refractivity contribution >= 4 is 40.8 Å². The molecule has 10 nitrogen and oxygen atoms in total. The topological polar surface area (TPSA) is 127 Å². The fourth-order valence-electron chi connectivity index (χ4n) is 2.70. The van der Waals surface area contributed by atoms with Crippen molar-refractivity contribution in [3.05, 3.63) is 24.3 Å². The van der Waals surface area contributed by atoms with Crippen molar-refractivity contribution in [2.75, 3.05) is 55.1 Å². The fraction of sp³-hybridized carbons (Fsp3) is 0.333. The van der Waals surface area contributed by atoms with E-state index in [0.29, 0.717) is 24.6 Å². The number of amides is 1. The molecule has 148 valence electrons. The first-order chi connectivity index (χ1) is 13.5. The zero-order valence-electron chi connectivity index (χ0n) is 16.0. The van der Waals surface area contributed by atoms with Gasteiger partial charge < -0.3 is 25.4 Å². The van der Waals surface area contributed by atoms with Crippen molar-refractivity contribution in [2.24, 2.45) is 4.99 Å². The predicted molar refractivity (Wildman–Crippen MR) is 109 cm³/mol. The third-order valence-electron chi connectivity index (χ3n) is 4.06. The number of nitrogens with zero attached hydrogens (tertiary/aromatic N) is 4. The van der Waals surface area contributed by atoms with E-state index in [9.17, 15) is 4.79 Å². The molecule has 3 rings (SSSR count). The van der Waals surface area contributed by atoms with Gasteiger partial charge in [0.25, 0.3) is 0 Å². The molecule has 0 atom stereocenters. The molecule has 0 radical (unpaired) electrons. The zero-order chi connectivity index (χ0) is 20.1. The standard InChI is InChI=1S/C18H23N7O3/c1-4-28-18(26)24-17-22-15(19)14-16(23-17)20-9-11(21-14)10-25(2)12-5-7-13(27-3)8-6-12/h5-8H,4,9-10H2,1-3H3,(H4,19,20,22,23,24,26). The summed E-state index contributed by atoms with van der Waals surface area (Å²) in [6, 6.07) is 7.78. The molecule has 1 aliphatic rings. The Kier molecular flexibility index (Phi) is 5.78. The summed E-state index contributed by atoms with van der Waals surface area (Å²) in [7, 11) is 3.62. The largest absolute Gasteiger partial charge is 0.497 e. The normalized spacial score (nSPS) is 12.3. The van der Waals surface area contributed by atoms with E-state index < -0.39 is 6.09 Å². The van der Waals surface area contributed by atoms with Crippen LogP contribution in [0.3, 0.4) is 0 Å². The van der Waals surface area contributed by atoms with Gasteiger partial charge in [0.15, 0.2) is 11.6 Å². The molecule has 2 heterocycles. The highest BCUT2D eigenvalue weighted by Gasteiger charge is 2.19. The number of rotatable bonds is 6. The Hall–Kier alpha value is -3.56. The first kappa shape index (κ1) is 19.2. The number of hydrogen-bond acceptors (Lipinski definition) is 9. The van der Waals surface area contributed by atoms with Crippen LogP contribution in [0.2, 0.25) is 0 Å². The van der Waals surface area contributed by atoms with Crippen LogP contribution in [0.5, 0.6) is 5.75 Å². The van der Waals surface area contributed by atoms with Gasteiger partial charge in [-0.1, -0.05) is 0 Å². The van der Waals surface area contributed by atoms with E-state index in [1.54, 1.807) is 14.0 Å². The third kappa shape index (κ3) is 4.40. The second kappa shape index (κ2) is 8.42. The molecular formula is C18H23N7O3. The van der Waals surface area contributed by atoms with Crippen LogP contribution >= 0.6 is 0 Å². The van der Waals surface area contributed by atoms with Crippen molar-refractivity contribution in [1.82, 2.24) is 9.97 Å². The predicted octanol–water partition coefficient (Wildman–Crippen LogP) is 2.27. The number of fused-ring (bicyclic) bond motifs is 1. The van der Waals surface area contributed by atoms with Crippen molar-refractivity contribution in [3.8, 4) is 5.75 Å². The molecule has 28 heavy (non-hydrogen) atoms. The van der Waals surface area contributed by atoms with E-state index in [4.69, 9.17) is 15.2 Å². The van der Waals surface area contributed by atoms with Gasteiger partial charge in [-0.2, -0.15) is 9.97 Å². The third-order valence-corrected chi connectivity index (χ3v) is 4.06. The average Bonchev–Trinajstić information content (AvgIpc) is 2.68. The summed E-state index contributed by atoms with van der Waals surface area (Å²) in [4.78, 5) is 26.5. The number of carbonyl (C=O) groups is 1.